The lowest BCUT2D eigenvalue weighted by molar-refractivity contribution is -0.138. The maximum atomic E-state index is 13.1. The summed E-state index contributed by atoms with van der Waals surface area (Å²) >= 11 is 0. The molecule has 0 saturated heterocycles. The van der Waals surface area contributed by atoms with Crippen LogP contribution in [0.15, 0.2) is 71.6 Å². The molecule has 0 unspecified atom stereocenters. The van der Waals surface area contributed by atoms with Crippen molar-refractivity contribution in [3.8, 4) is 17.2 Å². The number of hydrogen-bond donors (Lipinski definition) is 1. The second-order valence-electron chi connectivity index (χ2n) is 7.87. The number of rotatable bonds is 7. The third-order valence-corrected chi connectivity index (χ3v) is 6.94. The molecule has 178 valence electrons. The van der Waals surface area contributed by atoms with Crippen LogP contribution in [-0.2, 0) is 27.9 Å². The van der Waals surface area contributed by atoms with Crippen LogP contribution in [0.25, 0.3) is 0 Å². The Morgan fingerprint density at radius 2 is 1.79 bits per heavy atom. The lowest BCUT2D eigenvalue weighted by atomic mass is 10.1. The van der Waals surface area contributed by atoms with E-state index >= 15 is 0 Å². The summed E-state index contributed by atoms with van der Waals surface area (Å²) in [5, 5.41) is 0. The summed E-state index contributed by atoms with van der Waals surface area (Å²) in [5.74, 6) is 1.61. The van der Waals surface area contributed by atoms with Gasteiger partial charge in [-0.2, -0.15) is 0 Å². The van der Waals surface area contributed by atoms with Crippen LogP contribution in [0.4, 0.5) is 5.69 Å². The number of carbonyl (C=O) groups is 1. The summed E-state index contributed by atoms with van der Waals surface area (Å²) in [6, 6.07) is 18.6. The molecule has 0 aromatic heterocycles. The van der Waals surface area contributed by atoms with Crippen LogP contribution in [0.3, 0.4) is 0 Å². The maximum absolute atomic E-state index is 13.1. The fourth-order valence-corrected chi connectivity index (χ4v) is 4.87. The van der Waals surface area contributed by atoms with E-state index in [1.54, 1.807) is 68.5 Å². The van der Waals surface area contributed by atoms with E-state index in [1.807, 2.05) is 12.1 Å². The van der Waals surface area contributed by atoms with Gasteiger partial charge in [-0.05, 0) is 49.4 Å². The summed E-state index contributed by atoms with van der Waals surface area (Å²) in [4.78, 5) is 14.9. The molecular formula is C25H26N2O6S. The van der Waals surface area contributed by atoms with E-state index in [4.69, 9.17) is 14.2 Å². The summed E-state index contributed by atoms with van der Waals surface area (Å²) in [6.45, 7) is 2.23. The summed E-state index contributed by atoms with van der Waals surface area (Å²) in [7, 11) is -0.608. The number of fused-ring (bicyclic) bond motifs is 1. The fourth-order valence-electron chi connectivity index (χ4n) is 3.80. The first-order valence-electron chi connectivity index (χ1n) is 10.7. The van der Waals surface area contributed by atoms with Crippen molar-refractivity contribution in [1.29, 1.82) is 0 Å². The Morgan fingerprint density at radius 1 is 1.03 bits per heavy atom. The SMILES string of the molecule is COc1ccc(CN2Cc3cc(NS(=O)(=O)c4ccccc4)ccc3O[C@@H](C)C2=O)c(OC)c1. The molecule has 1 heterocycles. The number of nitrogens with one attached hydrogen (secondary N) is 1. The number of sulfonamides is 1. The van der Waals surface area contributed by atoms with Gasteiger partial charge in [-0.15, -0.1) is 0 Å². The molecule has 0 spiro atoms. The van der Waals surface area contributed by atoms with E-state index < -0.39 is 16.1 Å². The maximum Gasteiger partial charge on any atom is 0.263 e. The van der Waals surface area contributed by atoms with Gasteiger partial charge in [0.05, 0.1) is 19.1 Å². The Labute approximate surface area is 199 Å². The molecule has 3 aromatic rings. The predicted octanol–water partition coefficient (Wildman–Crippen LogP) is 3.81. The molecule has 0 bridgehead atoms. The standard InChI is InChI=1S/C25H26N2O6S/c1-17-25(28)27(15-18-9-11-21(31-2)14-24(18)32-3)16-19-13-20(10-12-23(19)33-17)26-34(29,30)22-7-5-4-6-8-22/h4-14,17,26H,15-16H2,1-3H3/t17-/m0/s1. The van der Waals surface area contributed by atoms with Gasteiger partial charge >= 0.3 is 0 Å². The van der Waals surface area contributed by atoms with Crippen molar-refractivity contribution < 1.29 is 27.4 Å². The van der Waals surface area contributed by atoms with Gasteiger partial charge in [0.1, 0.15) is 17.2 Å². The third-order valence-electron chi connectivity index (χ3n) is 5.55. The lowest BCUT2D eigenvalue weighted by Crippen LogP contribution is -2.37. The highest BCUT2D eigenvalue weighted by molar-refractivity contribution is 7.92. The molecule has 4 rings (SSSR count). The Hall–Kier alpha value is -3.72. The van der Waals surface area contributed by atoms with Crippen molar-refractivity contribution in [2.75, 3.05) is 18.9 Å². The number of nitrogens with zero attached hydrogens (tertiary/aromatic N) is 1. The van der Waals surface area contributed by atoms with E-state index in [0.29, 0.717) is 35.0 Å². The van der Waals surface area contributed by atoms with Gasteiger partial charge < -0.3 is 19.1 Å². The van der Waals surface area contributed by atoms with E-state index in [0.717, 1.165) is 5.56 Å². The molecular weight excluding hydrogens is 456 g/mol. The minimum absolute atomic E-state index is 0.165. The van der Waals surface area contributed by atoms with Crippen LogP contribution in [0.5, 0.6) is 17.2 Å². The van der Waals surface area contributed by atoms with E-state index in [9.17, 15) is 13.2 Å². The Morgan fingerprint density at radius 3 is 2.50 bits per heavy atom. The number of methoxy groups -OCH3 is 2. The zero-order valence-corrected chi connectivity index (χ0v) is 20.0. The van der Waals surface area contributed by atoms with Crippen molar-refractivity contribution in [1.82, 2.24) is 4.90 Å². The smallest absolute Gasteiger partial charge is 0.263 e. The van der Waals surface area contributed by atoms with E-state index in [-0.39, 0.29) is 17.3 Å². The van der Waals surface area contributed by atoms with Crippen molar-refractivity contribution in [2.45, 2.75) is 31.0 Å². The topological polar surface area (TPSA) is 94.2 Å². The van der Waals surface area contributed by atoms with Crippen molar-refractivity contribution in [2.24, 2.45) is 0 Å². The highest BCUT2D eigenvalue weighted by atomic mass is 32.2. The molecule has 1 amide bonds. The van der Waals surface area contributed by atoms with Crippen LogP contribution in [-0.4, -0.2) is 39.5 Å². The van der Waals surface area contributed by atoms with Crippen LogP contribution < -0.4 is 18.9 Å². The van der Waals surface area contributed by atoms with Gasteiger partial charge in [0.2, 0.25) is 0 Å². The molecule has 3 aromatic carbocycles. The molecule has 0 aliphatic carbocycles. The van der Waals surface area contributed by atoms with Crippen molar-refractivity contribution >= 4 is 21.6 Å². The number of hydrogen-bond acceptors (Lipinski definition) is 6. The lowest BCUT2D eigenvalue weighted by Gasteiger charge is -2.23. The van der Waals surface area contributed by atoms with Gasteiger partial charge in [0.25, 0.3) is 15.9 Å². The first-order chi connectivity index (χ1) is 16.3. The summed E-state index contributed by atoms with van der Waals surface area (Å²) in [5.41, 5.74) is 1.89. The van der Waals surface area contributed by atoms with Crippen LogP contribution in [0.2, 0.25) is 0 Å². The number of amides is 1. The quantitative estimate of drug-likeness (QED) is 0.550. The van der Waals surface area contributed by atoms with Crippen LogP contribution in [0, 0.1) is 0 Å². The fraction of sp³-hybridized carbons (Fsp3) is 0.240. The molecule has 34 heavy (non-hydrogen) atoms. The number of benzene rings is 3. The molecule has 1 N–H and O–H groups in total. The molecule has 9 heteroatoms. The second-order valence-corrected chi connectivity index (χ2v) is 9.56. The molecule has 0 saturated carbocycles. The average Bonchev–Trinajstić information content (AvgIpc) is 2.95. The number of ether oxygens (including phenoxy) is 3. The first kappa shape index (κ1) is 23.4. The third kappa shape index (κ3) is 4.94. The highest BCUT2D eigenvalue weighted by Gasteiger charge is 2.29. The average molecular weight is 483 g/mol. The van der Waals surface area contributed by atoms with Crippen LogP contribution in [0.1, 0.15) is 18.1 Å². The van der Waals surface area contributed by atoms with Gasteiger partial charge in [0, 0.05) is 36.0 Å². The second kappa shape index (κ2) is 9.64. The molecule has 1 aliphatic rings. The monoisotopic (exact) mass is 482 g/mol. The number of anilines is 1. The van der Waals surface area contributed by atoms with Crippen molar-refractivity contribution in [3.05, 3.63) is 77.9 Å². The van der Waals surface area contributed by atoms with E-state index in [2.05, 4.69) is 4.72 Å². The summed E-state index contributed by atoms with van der Waals surface area (Å²) in [6.07, 6.45) is -0.697. The zero-order chi connectivity index (χ0) is 24.3. The van der Waals surface area contributed by atoms with Crippen LogP contribution >= 0.6 is 0 Å². The van der Waals surface area contributed by atoms with Gasteiger partial charge in [-0.25, -0.2) is 8.42 Å². The number of carbonyl (C=O) groups excluding carboxylic acids is 1. The predicted molar refractivity (Wildman–Crippen MR) is 128 cm³/mol. The first-order valence-corrected chi connectivity index (χ1v) is 12.2. The molecule has 1 atom stereocenters. The largest absolute Gasteiger partial charge is 0.497 e. The minimum Gasteiger partial charge on any atom is -0.497 e. The molecule has 8 nitrogen and oxygen atoms in total. The van der Waals surface area contributed by atoms with Gasteiger partial charge in [-0.3, -0.25) is 9.52 Å². The Kier molecular flexibility index (Phi) is 6.65. The highest BCUT2D eigenvalue weighted by Crippen LogP contribution is 2.32. The summed E-state index contributed by atoms with van der Waals surface area (Å²) < 4.78 is 44.7. The molecule has 0 fully saturated rings. The minimum atomic E-state index is -3.75. The van der Waals surface area contributed by atoms with E-state index in [1.165, 1.54) is 12.1 Å². The van der Waals surface area contributed by atoms with Gasteiger partial charge in [0.15, 0.2) is 6.10 Å². The normalized spacial score (nSPS) is 15.7. The molecule has 1 aliphatic heterocycles. The zero-order valence-electron chi connectivity index (χ0n) is 19.1. The molecule has 0 radical (unpaired) electrons. The van der Waals surface area contributed by atoms with Crippen molar-refractivity contribution in [3.63, 3.8) is 0 Å². The van der Waals surface area contributed by atoms with Gasteiger partial charge in [-0.1, -0.05) is 18.2 Å². The Bertz CT molecular complexity index is 1290. The Balaban J connectivity index is 1.62.